The molecule has 106 valence electrons. The summed E-state index contributed by atoms with van der Waals surface area (Å²) in [6.07, 6.45) is 8.47. The van der Waals surface area contributed by atoms with Gasteiger partial charge in [0.05, 0.1) is 6.54 Å². The number of rotatable bonds is 1. The van der Waals surface area contributed by atoms with Gasteiger partial charge in [-0.2, -0.15) is 0 Å². The van der Waals surface area contributed by atoms with Crippen molar-refractivity contribution in [3.8, 4) is 0 Å². The number of carbonyl (C=O) groups excluding carboxylic acids is 2. The van der Waals surface area contributed by atoms with Crippen molar-refractivity contribution in [2.75, 3.05) is 6.54 Å². The van der Waals surface area contributed by atoms with Gasteiger partial charge >= 0.3 is 0 Å². The predicted octanol–water partition coefficient (Wildman–Crippen LogP) is 1.84. The highest BCUT2D eigenvalue weighted by molar-refractivity contribution is 5.98. The van der Waals surface area contributed by atoms with E-state index in [1.165, 1.54) is 19.3 Å². The summed E-state index contributed by atoms with van der Waals surface area (Å²) in [7, 11) is 0. The Bertz CT molecular complexity index is 388. The Morgan fingerprint density at radius 2 is 1.79 bits per heavy atom. The van der Waals surface area contributed by atoms with Gasteiger partial charge in [-0.15, -0.1) is 0 Å². The Kier molecular flexibility index (Phi) is 3.27. The third kappa shape index (κ3) is 2.15. The maximum atomic E-state index is 12.9. The Morgan fingerprint density at radius 3 is 2.47 bits per heavy atom. The van der Waals surface area contributed by atoms with E-state index in [9.17, 15) is 9.59 Å². The molecule has 0 aromatic heterocycles. The average molecular weight is 264 g/mol. The minimum atomic E-state index is -0.549. The molecule has 19 heavy (non-hydrogen) atoms. The largest absolute Gasteiger partial charge is 0.340 e. The lowest BCUT2D eigenvalue weighted by Gasteiger charge is -2.46. The first kappa shape index (κ1) is 12.9. The summed E-state index contributed by atoms with van der Waals surface area (Å²) >= 11 is 0. The Labute approximate surface area is 114 Å². The second kappa shape index (κ2) is 4.80. The zero-order chi connectivity index (χ0) is 13.5. The monoisotopic (exact) mass is 264 g/mol. The van der Waals surface area contributed by atoms with Gasteiger partial charge < -0.3 is 10.2 Å². The molecule has 0 aromatic carbocycles. The molecule has 1 N–H and O–H groups in total. The van der Waals surface area contributed by atoms with Crippen LogP contribution in [0, 0.1) is 5.92 Å². The van der Waals surface area contributed by atoms with E-state index in [1.54, 1.807) is 0 Å². The number of hydrogen-bond donors (Lipinski definition) is 1. The molecule has 2 amide bonds. The van der Waals surface area contributed by atoms with Crippen molar-refractivity contribution in [2.45, 2.75) is 69.9 Å². The van der Waals surface area contributed by atoms with Crippen molar-refractivity contribution in [3.05, 3.63) is 0 Å². The van der Waals surface area contributed by atoms with E-state index in [1.807, 2.05) is 4.90 Å². The third-order valence-corrected chi connectivity index (χ3v) is 5.29. The van der Waals surface area contributed by atoms with E-state index in [-0.39, 0.29) is 24.4 Å². The van der Waals surface area contributed by atoms with Crippen LogP contribution in [0.5, 0.6) is 0 Å². The molecule has 4 heteroatoms. The lowest BCUT2D eigenvalue weighted by molar-refractivity contribution is -0.154. The van der Waals surface area contributed by atoms with Gasteiger partial charge in [-0.05, 0) is 31.6 Å². The number of nitrogens with zero attached hydrogens (tertiary/aromatic N) is 1. The smallest absolute Gasteiger partial charge is 0.249 e. The summed E-state index contributed by atoms with van der Waals surface area (Å²) in [5, 5.41) is 3.00. The van der Waals surface area contributed by atoms with Crippen molar-refractivity contribution in [2.24, 2.45) is 5.92 Å². The molecule has 2 unspecified atom stereocenters. The number of carbonyl (C=O) groups is 2. The summed E-state index contributed by atoms with van der Waals surface area (Å²) in [6, 6.07) is 0.282. The first-order chi connectivity index (χ1) is 9.12. The highest BCUT2D eigenvalue weighted by Gasteiger charge is 2.50. The highest BCUT2D eigenvalue weighted by atomic mass is 16.2. The van der Waals surface area contributed by atoms with Gasteiger partial charge in [-0.25, -0.2) is 0 Å². The molecule has 1 aliphatic heterocycles. The maximum Gasteiger partial charge on any atom is 0.249 e. The fraction of sp³-hybridized carbons (Fsp3) is 0.867. The van der Waals surface area contributed by atoms with E-state index >= 15 is 0 Å². The zero-order valence-corrected chi connectivity index (χ0v) is 11.8. The summed E-state index contributed by atoms with van der Waals surface area (Å²) < 4.78 is 0. The number of hydrogen-bond acceptors (Lipinski definition) is 2. The van der Waals surface area contributed by atoms with E-state index in [4.69, 9.17) is 0 Å². The first-order valence-corrected chi connectivity index (χ1v) is 7.74. The number of amides is 2. The zero-order valence-electron chi connectivity index (χ0n) is 11.8. The molecule has 2 atom stereocenters. The van der Waals surface area contributed by atoms with Gasteiger partial charge in [0.2, 0.25) is 11.8 Å². The fourth-order valence-corrected chi connectivity index (χ4v) is 4.21. The van der Waals surface area contributed by atoms with Crippen LogP contribution in [0.1, 0.15) is 58.3 Å². The van der Waals surface area contributed by atoms with Crippen LogP contribution in [0.25, 0.3) is 0 Å². The van der Waals surface area contributed by atoms with Crippen molar-refractivity contribution >= 4 is 11.8 Å². The molecule has 3 fully saturated rings. The molecule has 1 saturated heterocycles. The van der Waals surface area contributed by atoms with E-state index in [2.05, 4.69) is 12.2 Å². The molecule has 2 aliphatic carbocycles. The maximum absolute atomic E-state index is 12.9. The van der Waals surface area contributed by atoms with E-state index in [0.717, 1.165) is 32.1 Å². The molecule has 2 saturated carbocycles. The van der Waals surface area contributed by atoms with Crippen LogP contribution in [0.15, 0.2) is 0 Å². The van der Waals surface area contributed by atoms with Crippen LogP contribution >= 0.6 is 0 Å². The second-order valence-corrected chi connectivity index (χ2v) is 6.60. The van der Waals surface area contributed by atoms with Crippen LogP contribution < -0.4 is 5.32 Å². The molecule has 0 bridgehead atoms. The number of piperazine rings is 1. The van der Waals surface area contributed by atoms with Gasteiger partial charge in [0.15, 0.2) is 0 Å². The molecule has 0 aromatic rings. The fourth-order valence-electron chi connectivity index (χ4n) is 4.21. The molecule has 1 heterocycles. The van der Waals surface area contributed by atoms with Crippen molar-refractivity contribution in [1.29, 1.82) is 0 Å². The quantitative estimate of drug-likeness (QED) is 0.785. The summed E-state index contributed by atoms with van der Waals surface area (Å²) in [5.41, 5.74) is -0.549. The molecular weight excluding hydrogens is 240 g/mol. The third-order valence-electron chi connectivity index (χ3n) is 5.29. The van der Waals surface area contributed by atoms with E-state index < -0.39 is 5.54 Å². The summed E-state index contributed by atoms with van der Waals surface area (Å²) in [5.74, 6) is 0.768. The Hall–Kier alpha value is -1.06. The molecule has 1 spiro atoms. The number of nitrogens with one attached hydrogen (secondary N) is 1. The van der Waals surface area contributed by atoms with Gasteiger partial charge in [-0.1, -0.05) is 32.6 Å². The molecule has 3 aliphatic rings. The summed E-state index contributed by atoms with van der Waals surface area (Å²) in [4.78, 5) is 26.8. The first-order valence-electron chi connectivity index (χ1n) is 7.74. The minimum Gasteiger partial charge on any atom is -0.340 e. The summed E-state index contributed by atoms with van der Waals surface area (Å²) in [6.45, 7) is 2.50. The second-order valence-electron chi connectivity index (χ2n) is 6.60. The van der Waals surface area contributed by atoms with Gasteiger partial charge in [0.1, 0.15) is 5.54 Å². The molecular formula is C15H24N2O2. The van der Waals surface area contributed by atoms with Crippen LogP contribution in [0.4, 0.5) is 0 Å². The van der Waals surface area contributed by atoms with Crippen LogP contribution in [0.3, 0.4) is 0 Å². The predicted molar refractivity (Wildman–Crippen MR) is 72.5 cm³/mol. The molecule has 4 nitrogen and oxygen atoms in total. The molecule has 3 rings (SSSR count). The van der Waals surface area contributed by atoms with Gasteiger partial charge in [0.25, 0.3) is 0 Å². The van der Waals surface area contributed by atoms with Crippen LogP contribution in [-0.4, -0.2) is 34.8 Å². The van der Waals surface area contributed by atoms with Crippen molar-refractivity contribution < 1.29 is 9.59 Å². The molecule has 0 radical (unpaired) electrons. The average Bonchev–Trinajstić information content (AvgIpc) is 2.84. The van der Waals surface area contributed by atoms with E-state index in [0.29, 0.717) is 5.92 Å². The van der Waals surface area contributed by atoms with Crippen LogP contribution in [-0.2, 0) is 9.59 Å². The lowest BCUT2D eigenvalue weighted by atomic mass is 9.82. The Balaban J connectivity index is 1.83. The standard InChI is InChI=1S/C15H24N2O2/c1-11-6-2-3-7-12(11)17-10-13(18)16-15(14(17)19)8-4-5-9-15/h11-12H,2-10H2,1H3,(H,16,18). The minimum absolute atomic E-state index is 0.0410. The van der Waals surface area contributed by atoms with Crippen molar-refractivity contribution in [1.82, 2.24) is 10.2 Å². The SMILES string of the molecule is CC1CCCCC1N1CC(=O)NC2(CCCC2)C1=O. The Morgan fingerprint density at radius 1 is 1.11 bits per heavy atom. The van der Waals surface area contributed by atoms with Crippen molar-refractivity contribution in [3.63, 3.8) is 0 Å². The van der Waals surface area contributed by atoms with Crippen LogP contribution in [0.2, 0.25) is 0 Å². The lowest BCUT2D eigenvalue weighted by Crippen LogP contribution is -2.68. The highest BCUT2D eigenvalue weighted by Crippen LogP contribution is 2.37. The normalized spacial score (nSPS) is 34.7. The van der Waals surface area contributed by atoms with Gasteiger partial charge in [0, 0.05) is 6.04 Å². The topological polar surface area (TPSA) is 49.4 Å². The van der Waals surface area contributed by atoms with Gasteiger partial charge in [-0.3, -0.25) is 9.59 Å².